The van der Waals surface area contributed by atoms with Crippen LogP contribution in [-0.2, 0) is 4.74 Å². The molecule has 2 unspecified atom stereocenters. The van der Waals surface area contributed by atoms with Gasteiger partial charge in [-0.2, -0.15) is 0 Å². The number of aryl methyl sites for hydroxylation is 1. The Balaban J connectivity index is 1.77. The molecular weight excluding hydrogens is 292 g/mol. The first-order chi connectivity index (χ1) is 8.65. The Labute approximate surface area is 116 Å². The van der Waals surface area contributed by atoms with Crippen LogP contribution in [0.1, 0.15) is 24.8 Å². The molecule has 1 aliphatic heterocycles. The lowest BCUT2D eigenvalue weighted by atomic mass is 10.1. The van der Waals surface area contributed by atoms with Gasteiger partial charge in [0.25, 0.3) is 0 Å². The van der Waals surface area contributed by atoms with E-state index in [1.807, 2.05) is 13.0 Å². The Hall–Kier alpha value is -0.740. The highest BCUT2D eigenvalue weighted by Crippen LogP contribution is 2.40. The van der Waals surface area contributed by atoms with Crippen LogP contribution in [0.25, 0.3) is 0 Å². The molecule has 1 aromatic carbocycles. The summed E-state index contributed by atoms with van der Waals surface area (Å²) in [4.78, 5) is 0. The summed E-state index contributed by atoms with van der Waals surface area (Å²) in [6.07, 6.45) is 4.14. The average Bonchev–Trinajstić information content (AvgIpc) is 3.07. The van der Waals surface area contributed by atoms with Crippen LogP contribution in [-0.4, -0.2) is 18.8 Å². The summed E-state index contributed by atoms with van der Waals surface area (Å²) in [5, 5.41) is 3.62. The van der Waals surface area contributed by atoms with E-state index in [1.54, 1.807) is 0 Å². The molecule has 1 heterocycles. The Bertz CT molecular complexity index is 459. The number of nitrogens with two attached hydrogens (primary N) is 1. The van der Waals surface area contributed by atoms with Crippen molar-refractivity contribution in [2.24, 2.45) is 5.92 Å². The predicted molar refractivity (Wildman–Crippen MR) is 77.8 cm³/mol. The molecule has 2 fully saturated rings. The second kappa shape index (κ2) is 4.74. The third kappa shape index (κ3) is 2.36. The van der Waals surface area contributed by atoms with Gasteiger partial charge in [0, 0.05) is 22.5 Å². The lowest BCUT2D eigenvalue weighted by Gasteiger charge is -2.22. The SMILES string of the molecule is Cc1cc(NC2CCOC2C2CC2)c(Br)cc1N. The normalized spacial score (nSPS) is 27.4. The van der Waals surface area contributed by atoms with E-state index in [0.29, 0.717) is 12.1 Å². The van der Waals surface area contributed by atoms with Crippen molar-refractivity contribution < 1.29 is 4.74 Å². The zero-order valence-corrected chi connectivity index (χ0v) is 12.2. The van der Waals surface area contributed by atoms with Crippen molar-refractivity contribution in [1.82, 2.24) is 0 Å². The van der Waals surface area contributed by atoms with E-state index in [-0.39, 0.29) is 0 Å². The Morgan fingerprint density at radius 3 is 2.83 bits per heavy atom. The molecular formula is C14H19BrN2O. The van der Waals surface area contributed by atoms with E-state index < -0.39 is 0 Å². The summed E-state index contributed by atoms with van der Waals surface area (Å²) in [7, 11) is 0. The number of nitrogen functional groups attached to an aromatic ring is 1. The number of halogens is 1. The Morgan fingerprint density at radius 2 is 2.11 bits per heavy atom. The maximum atomic E-state index is 5.90. The first-order valence-corrected chi connectivity index (χ1v) is 7.38. The summed E-state index contributed by atoms with van der Waals surface area (Å²) in [5.41, 5.74) is 8.97. The topological polar surface area (TPSA) is 47.3 Å². The van der Waals surface area contributed by atoms with Gasteiger partial charge in [-0.25, -0.2) is 0 Å². The van der Waals surface area contributed by atoms with E-state index in [2.05, 4.69) is 27.3 Å². The van der Waals surface area contributed by atoms with Crippen molar-refractivity contribution >= 4 is 27.3 Å². The van der Waals surface area contributed by atoms with Gasteiger partial charge in [-0.1, -0.05) is 0 Å². The summed E-state index contributed by atoms with van der Waals surface area (Å²) in [6.45, 7) is 2.92. The van der Waals surface area contributed by atoms with Crippen molar-refractivity contribution in [3.05, 3.63) is 22.2 Å². The van der Waals surface area contributed by atoms with Crippen LogP contribution in [0.2, 0.25) is 0 Å². The summed E-state index contributed by atoms with van der Waals surface area (Å²) < 4.78 is 6.89. The number of benzene rings is 1. The molecule has 1 saturated carbocycles. The number of hydrogen-bond donors (Lipinski definition) is 2. The number of hydrogen-bond acceptors (Lipinski definition) is 3. The van der Waals surface area contributed by atoms with Crippen molar-refractivity contribution in [2.75, 3.05) is 17.7 Å². The standard InChI is InChI=1S/C14H19BrN2O/c1-8-6-13(10(15)7-11(8)16)17-12-4-5-18-14(12)9-2-3-9/h6-7,9,12,14,17H,2-5,16H2,1H3. The lowest BCUT2D eigenvalue weighted by molar-refractivity contribution is 0.0898. The second-order valence-corrected chi connectivity index (χ2v) is 6.26. The van der Waals surface area contributed by atoms with Crippen LogP contribution in [0.4, 0.5) is 11.4 Å². The molecule has 2 aliphatic rings. The minimum Gasteiger partial charge on any atom is -0.398 e. The molecule has 3 nitrogen and oxygen atoms in total. The van der Waals surface area contributed by atoms with Gasteiger partial charge in [0.1, 0.15) is 0 Å². The monoisotopic (exact) mass is 310 g/mol. The average molecular weight is 311 g/mol. The zero-order valence-electron chi connectivity index (χ0n) is 10.6. The highest BCUT2D eigenvalue weighted by atomic mass is 79.9. The van der Waals surface area contributed by atoms with Gasteiger partial charge < -0.3 is 15.8 Å². The Morgan fingerprint density at radius 1 is 1.33 bits per heavy atom. The van der Waals surface area contributed by atoms with E-state index in [0.717, 1.165) is 40.4 Å². The van der Waals surface area contributed by atoms with Gasteiger partial charge in [0.2, 0.25) is 0 Å². The number of anilines is 2. The van der Waals surface area contributed by atoms with Crippen LogP contribution < -0.4 is 11.1 Å². The van der Waals surface area contributed by atoms with Crippen molar-refractivity contribution in [1.29, 1.82) is 0 Å². The Kier molecular flexibility index (Phi) is 3.24. The molecule has 3 rings (SSSR count). The second-order valence-electron chi connectivity index (χ2n) is 5.40. The van der Waals surface area contributed by atoms with Crippen LogP contribution in [0, 0.1) is 12.8 Å². The molecule has 4 heteroatoms. The van der Waals surface area contributed by atoms with Gasteiger partial charge in [-0.3, -0.25) is 0 Å². The third-order valence-corrected chi connectivity index (χ3v) is 4.58. The quantitative estimate of drug-likeness (QED) is 0.842. The minimum atomic E-state index is 0.398. The van der Waals surface area contributed by atoms with Crippen LogP contribution in [0.5, 0.6) is 0 Å². The predicted octanol–water partition coefficient (Wildman–Crippen LogP) is 3.32. The first-order valence-electron chi connectivity index (χ1n) is 6.59. The van der Waals surface area contributed by atoms with Crippen molar-refractivity contribution in [3.63, 3.8) is 0 Å². The molecule has 2 atom stereocenters. The van der Waals surface area contributed by atoms with Gasteiger partial charge in [0.05, 0.1) is 12.1 Å². The molecule has 0 radical (unpaired) electrons. The molecule has 1 saturated heterocycles. The third-order valence-electron chi connectivity index (χ3n) is 3.92. The molecule has 0 bridgehead atoms. The van der Waals surface area contributed by atoms with Gasteiger partial charge >= 0.3 is 0 Å². The van der Waals surface area contributed by atoms with Crippen molar-refractivity contribution in [2.45, 2.75) is 38.3 Å². The number of nitrogens with one attached hydrogen (secondary N) is 1. The summed E-state index contributed by atoms with van der Waals surface area (Å²) >= 11 is 3.58. The largest absolute Gasteiger partial charge is 0.398 e. The van der Waals surface area contributed by atoms with E-state index in [4.69, 9.17) is 10.5 Å². The maximum absolute atomic E-state index is 5.90. The van der Waals surface area contributed by atoms with E-state index in [1.165, 1.54) is 12.8 Å². The zero-order chi connectivity index (χ0) is 12.7. The molecule has 1 aromatic rings. The molecule has 0 aromatic heterocycles. The molecule has 98 valence electrons. The first kappa shape index (κ1) is 12.3. The highest BCUT2D eigenvalue weighted by Gasteiger charge is 2.40. The molecule has 18 heavy (non-hydrogen) atoms. The van der Waals surface area contributed by atoms with Crippen LogP contribution >= 0.6 is 15.9 Å². The molecule has 3 N–H and O–H groups in total. The lowest BCUT2D eigenvalue weighted by Crippen LogP contribution is -2.31. The van der Waals surface area contributed by atoms with Crippen LogP contribution in [0.3, 0.4) is 0 Å². The number of rotatable bonds is 3. The molecule has 0 amide bonds. The van der Waals surface area contributed by atoms with Gasteiger partial charge in [-0.15, -0.1) is 0 Å². The van der Waals surface area contributed by atoms with Gasteiger partial charge in [0.15, 0.2) is 0 Å². The van der Waals surface area contributed by atoms with Gasteiger partial charge in [-0.05, 0) is 65.7 Å². The fraction of sp³-hybridized carbons (Fsp3) is 0.571. The smallest absolute Gasteiger partial charge is 0.0804 e. The molecule has 1 aliphatic carbocycles. The van der Waals surface area contributed by atoms with E-state index in [9.17, 15) is 0 Å². The molecule has 0 spiro atoms. The summed E-state index contributed by atoms with van der Waals surface area (Å²) in [5.74, 6) is 0.777. The minimum absolute atomic E-state index is 0.398. The summed E-state index contributed by atoms with van der Waals surface area (Å²) in [6, 6.07) is 4.53. The fourth-order valence-electron chi connectivity index (χ4n) is 2.66. The van der Waals surface area contributed by atoms with Crippen molar-refractivity contribution in [3.8, 4) is 0 Å². The van der Waals surface area contributed by atoms with Crippen LogP contribution in [0.15, 0.2) is 16.6 Å². The highest BCUT2D eigenvalue weighted by molar-refractivity contribution is 9.10. The van der Waals surface area contributed by atoms with E-state index >= 15 is 0 Å². The fourth-order valence-corrected chi connectivity index (χ4v) is 3.14. The maximum Gasteiger partial charge on any atom is 0.0804 e. The number of ether oxygens (including phenoxy) is 1.